The summed E-state index contributed by atoms with van der Waals surface area (Å²) in [5.74, 6) is 0.420. The van der Waals surface area contributed by atoms with Gasteiger partial charge in [-0.25, -0.2) is 4.79 Å². The smallest absolute Gasteiger partial charge is 0.411 e. The third-order valence-electron chi connectivity index (χ3n) is 3.91. The van der Waals surface area contributed by atoms with Gasteiger partial charge in [-0.1, -0.05) is 24.3 Å². The molecule has 0 radical (unpaired) electrons. The van der Waals surface area contributed by atoms with Gasteiger partial charge in [-0.3, -0.25) is 10.1 Å². The molecule has 0 aromatic heterocycles. The second-order valence-corrected chi connectivity index (χ2v) is 5.59. The minimum Gasteiger partial charge on any atom is -0.484 e. The summed E-state index contributed by atoms with van der Waals surface area (Å²) in [5, 5.41) is 2.60. The molecule has 0 spiro atoms. The van der Waals surface area contributed by atoms with Crippen molar-refractivity contribution in [2.75, 3.05) is 30.0 Å². The average molecular weight is 340 g/mol. The number of benzene rings is 2. The summed E-state index contributed by atoms with van der Waals surface area (Å²) < 4.78 is 10.4. The SMILES string of the molecule is CCOC(=O)Nc1cccc(OCC(=O)N2CCc3ccccc32)c1. The number of amides is 2. The predicted molar refractivity (Wildman–Crippen MR) is 95.1 cm³/mol. The van der Waals surface area contributed by atoms with E-state index in [0.717, 1.165) is 12.1 Å². The quantitative estimate of drug-likeness (QED) is 0.907. The summed E-state index contributed by atoms with van der Waals surface area (Å²) in [4.78, 5) is 25.6. The molecule has 6 heteroatoms. The molecule has 2 amide bonds. The lowest BCUT2D eigenvalue weighted by atomic mass is 10.2. The van der Waals surface area contributed by atoms with Crippen LogP contribution in [0.5, 0.6) is 5.75 Å². The zero-order valence-electron chi connectivity index (χ0n) is 14.0. The van der Waals surface area contributed by atoms with Gasteiger partial charge in [0.1, 0.15) is 5.75 Å². The number of nitrogens with zero attached hydrogens (tertiary/aromatic N) is 1. The highest BCUT2D eigenvalue weighted by Crippen LogP contribution is 2.27. The van der Waals surface area contributed by atoms with E-state index in [2.05, 4.69) is 5.32 Å². The Balaban J connectivity index is 1.59. The van der Waals surface area contributed by atoms with E-state index in [9.17, 15) is 9.59 Å². The van der Waals surface area contributed by atoms with Gasteiger partial charge in [0.15, 0.2) is 6.61 Å². The highest BCUT2D eigenvalue weighted by Gasteiger charge is 2.24. The molecule has 1 N–H and O–H groups in total. The zero-order chi connectivity index (χ0) is 17.6. The van der Waals surface area contributed by atoms with Crippen LogP contribution in [0.25, 0.3) is 0 Å². The van der Waals surface area contributed by atoms with E-state index in [1.807, 2.05) is 24.3 Å². The summed E-state index contributed by atoms with van der Waals surface area (Å²) in [7, 11) is 0. The lowest BCUT2D eigenvalue weighted by molar-refractivity contribution is -0.120. The van der Waals surface area contributed by atoms with Gasteiger partial charge in [0.05, 0.1) is 6.61 Å². The van der Waals surface area contributed by atoms with E-state index in [4.69, 9.17) is 9.47 Å². The van der Waals surface area contributed by atoms with Crippen LogP contribution in [0.2, 0.25) is 0 Å². The maximum Gasteiger partial charge on any atom is 0.411 e. The van der Waals surface area contributed by atoms with Crippen molar-refractivity contribution in [3.05, 3.63) is 54.1 Å². The molecule has 6 nitrogen and oxygen atoms in total. The third kappa shape index (κ3) is 4.09. The fraction of sp³-hybridized carbons (Fsp3) is 0.263. The van der Waals surface area contributed by atoms with Crippen LogP contribution in [-0.2, 0) is 16.0 Å². The molecule has 25 heavy (non-hydrogen) atoms. The number of hydrogen-bond donors (Lipinski definition) is 1. The van der Waals surface area contributed by atoms with E-state index >= 15 is 0 Å². The molecule has 2 aromatic carbocycles. The van der Waals surface area contributed by atoms with Crippen molar-refractivity contribution in [3.63, 3.8) is 0 Å². The van der Waals surface area contributed by atoms with E-state index in [1.165, 1.54) is 5.56 Å². The second kappa shape index (κ2) is 7.70. The Morgan fingerprint density at radius 1 is 1.16 bits per heavy atom. The van der Waals surface area contributed by atoms with E-state index in [-0.39, 0.29) is 12.5 Å². The monoisotopic (exact) mass is 340 g/mol. The molecule has 3 rings (SSSR count). The predicted octanol–water partition coefficient (Wildman–Crippen LogP) is 3.22. The lowest BCUT2D eigenvalue weighted by Gasteiger charge is -2.17. The number of rotatable bonds is 5. The number of nitrogens with one attached hydrogen (secondary N) is 1. The van der Waals surface area contributed by atoms with Crippen molar-refractivity contribution in [2.24, 2.45) is 0 Å². The number of ether oxygens (including phenoxy) is 2. The molecule has 0 unspecified atom stereocenters. The summed E-state index contributed by atoms with van der Waals surface area (Å²) in [6, 6.07) is 14.7. The summed E-state index contributed by atoms with van der Waals surface area (Å²) in [6.07, 6.45) is 0.338. The summed E-state index contributed by atoms with van der Waals surface area (Å²) in [6.45, 7) is 2.65. The van der Waals surface area contributed by atoms with Gasteiger partial charge in [0, 0.05) is 24.0 Å². The van der Waals surface area contributed by atoms with Crippen molar-refractivity contribution in [1.29, 1.82) is 0 Å². The number of hydrogen-bond acceptors (Lipinski definition) is 4. The molecule has 130 valence electrons. The van der Waals surface area contributed by atoms with Crippen LogP contribution in [0.3, 0.4) is 0 Å². The first-order valence-electron chi connectivity index (χ1n) is 8.22. The van der Waals surface area contributed by atoms with Gasteiger partial charge in [0.25, 0.3) is 5.91 Å². The van der Waals surface area contributed by atoms with Crippen LogP contribution in [-0.4, -0.2) is 31.8 Å². The fourth-order valence-electron chi connectivity index (χ4n) is 2.77. The molecule has 2 aromatic rings. The standard InChI is InChI=1S/C19H20N2O4/c1-2-24-19(23)20-15-7-5-8-16(12-15)25-13-18(22)21-11-10-14-6-3-4-9-17(14)21/h3-9,12H,2,10-11,13H2,1H3,(H,20,23). The van der Waals surface area contributed by atoms with Crippen molar-refractivity contribution < 1.29 is 19.1 Å². The molecular formula is C19H20N2O4. The van der Waals surface area contributed by atoms with E-state index < -0.39 is 6.09 Å². The maximum absolute atomic E-state index is 12.4. The van der Waals surface area contributed by atoms with Crippen LogP contribution < -0.4 is 15.0 Å². The molecule has 0 saturated heterocycles. The number of anilines is 2. The Hall–Kier alpha value is -3.02. The molecule has 0 aliphatic carbocycles. The first-order valence-corrected chi connectivity index (χ1v) is 8.22. The largest absolute Gasteiger partial charge is 0.484 e. The topological polar surface area (TPSA) is 67.9 Å². The van der Waals surface area contributed by atoms with Gasteiger partial charge in [-0.05, 0) is 37.1 Å². The molecule has 0 atom stereocenters. The Labute approximate surface area is 146 Å². The van der Waals surface area contributed by atoms with Gasteiger partial charge in [-0.2, -0.15) is 0 Å². The molecule has 1 aliphatic rings. The van der Waals surface area contributed by atoms with Crippen LogP contribution in [0.1, 0.15) is 12.5 Å². The zero-order valence-corrected chi connectivity index (χ0v) is 14.0. The maximum atomic E-state index is 12.4. The lowest BCUT2D eigenvalue weighted by Crippen LogP contribution is -2.33. The average Bonchev–Trinajstić information content (AvgIpc) is 3.04. The second-order valence-electron chi connectivity index (χ2n) is 5.59. The summed E-state index contributed by atoms with van der Waals surface area (Å²) in [5.41, 5.74) is 2.68. The highest BCUT2D eigenvalue weighted by molar-refractivity contribution is 5.96. The van der Waals surface area contributed by atoms with Crippen LogP contribution in [0.15, 0.2) is 48.5 Å². The van der Waals surface area contributed by atoms with Gasteiger partial charge in [-0.15, -0.1) is 0 Å². The van der Waals surface area contributed by atoms with Crippen LogP contribution in [0, 0.1) is 0 Å². The Morgan fingerprint density at radius 3 is 2.84 bits per heavy atom. The molecule has 1 aliphatic heterocycles. The highest BCUT2D eigenvalue weighted by atomic mass is 16.5. The van der Waals surface area contributed by atoms with Crippen LogP contribution >= 0.6 is 0 Å². The van der Waals surface area contributed by atoms with Crippen molar-refractivity contribution in [2.45, 2.75) is 13.3 Å². The van der Waals surface area contributed by atoms with Gasteiger partial charge < -0.3 is 14.4 Å². The van der Waals surface area contributed by atoms with E-state index in [1.54, 1.807) is 36.1 Å². The molecular weight excluding hydrogens is 320 g/mol. The number of carbonyl (C=O) groups excluding carboxylic acids is 2. The molecule has 0 fully saturated rings. The molecule has 1 heterocycles. The molecule has 0 bridgehead atoms. The first-order chi connectivity index (χ1) is 12.2. The third-order valence-corrected chi connectivity index (χ3v) is 3.91. The van der Waals surface area contributed by atoms with Crippen molar-refractivity contribution in [3.8, 4) is 5.75 Å². The minimum atomic E-state index is -0.524. The normalized spacial score (nSPS) is 12.4. The molecule has 0 saturated carbocycles. The Kier molecular flexibility index (Phi) is 5.18. The Bertz CT molecular complexity index is 776. The number of fused-ring (bicyclic) bond motifs is 1. The minimum absolute atomic E-state index is 0.0583. The fourth-order valence-corrected chi connectivity index (χ4v) is 2.77. The van der Waals surface area contributed by atoms with Crippen molar-refractivity contribution in [1.82, 2.24) is 0 Å². The number of para-hydroxylation sites is 1. The first kappa shape index (κ1) is 16.8. The van der Waals surface area contributed by atoms with E-state index in [0.29, 0.717) is 24.6 Å². The Morgan fingerprint density at radius 2 is 2.00 bits per heavy atom. The van der Waals surface area contributed by atoms with Crippen molar-refractivity contribution >= 4 is 23.4 Å². The number of carbonyl (C=O) groups is 2. The van der Waals surface area contributed by atoms with Gasteiger partial charge >= 0.3 is 6.09 Å². The van der Waals surface area contributed by atoms with Gasteiger partial charge in [0.2, 0.25) is 0 Å². The van der Waals surface area contributed by atoms with Crippen LogP contribution in [0.4, 0.5) is 16.2 Å². The summed E-state index contributed by atoms with van der Waals surface area (Å²) >= 11 is 0.